The number of fused-ring (bicyclic) bond motifs is 8. The van der Waals surface area contributed by atoms with E-state index in [9.17, 15) is 0 Å². The second kappa shape index (κ2) is 13.0. The summed E-state index contributed by atoms with van der Waals surface area (Å²) in [6.07, 6.45) is 7.81. The summed E-state index contributed by atoms with van der Waals surface area (Å²) in [6, 6.07) is 40.8. The van der Waals surface area contributed by atoms with Gasteiger partial charge >= 0.3 is 291 Å². The van der Waals surface area contributed by atoms with Gasteiger partial charge in [-0.3, -0.25) is 0 Å². The Morgan fingerprint density at radius 1 is 0.545 bits per heavy atom. The Morgan fingerprint density at radius 2 is 1.07 bits per heavy atom. The van der Waals surface area contributed by atoms with Crippen molar-refractivity contribution in [2.75, 3.05) is 0 Å². The Kier molecular flexibility index (Phi) is 9.44. The molecule has 0 nitrogen and oxygen atoms in total. The molecule has 2 aliphatic carbocycles. The van der Waals surface area contributed by atoms with Gasteiger partial charge in [0.25, 0.3) is 0 Å². The number of rotatable bonds is 3. The second-order valence-corrected chi connectivity index (χ2v) is 14.6. The molecule has 44 heavy (non-hydrogen) atoms. The fourth-order valence-electron chi connectivity index (χ4n) is 6.75. The Hall–Kier alpha value is -2.02. The van der Waals surface area contributed by atoms with Crippen LogP contribution in [0.3, 0.4) is 0 Å². The predicted molar refractivity (Wildman–Crippen MR) is 190 cm³/mol. The van der Waals surface area contributed by atoms with Gasteiger partial charge in [-0.05, 0) is 0 Å². The van der Waals surface area contributed by atoms with Crippen molar-refractivity contribution >= 4 is 81.2 Å². The molecule has 6 aromatic carbocycles. The molecule has 0 atom stereocenters. The second-order valence-electron chi connectivity index (χ2n) is 10.8. The van der Waals surface area contributed by atoms with Crippen molar-refractivity contribution in [3.63, 3.8) is 0 Å². The minimum atomic E-state index is 0. The molecule has 211 valence electrons. The average molecular weight is 908 g/mol. The zero-order valence-electron chi connectivity index (χ0n) is 23.3. The molecule has 6 aromatic rings. The number of hydrogen-bond acceptors (Lipinski definition) is 0. The molecule has 8 rings (SSSR count). The van der Waals surface area contributed by atoms with Crippen LogP contribution in [-0.4, -0.2) is 0 Å². The molecule has 0 saturated carbocycles. The summed E-state index contributed by atoms with van der Waals surface area (Å²) in [4.78, 5) is 0. The Bertz CT molecular complexity index is 2240. The third-order valence-corrected chi connectivity index (χ3v) is 11.3. The maximum absolute atomic E-state index is 2.41. The minimum absolute atomic E-state index is 0. The van der Waals surface area contributed by atoms with Crippen molar-refractivity contribution in [2.24, 2.45) is 0 Å². The molecule has 0 radical (unpaired) electrons. The van der Waals surface area contributed by atoms with Gasteiger partial charge in [-0.2, -0.15) is 0 Å². The molecule has 2 aliphatic rings. The van der Waals surface area contributed by atoms with E-state index in [1.165, 1.54) is 112 Å². The molecule has 0 aromatic heterocycles. The first-order valence-corrected chi connectivity index (χ1v) is 17.4. The standard InChI is InChI=1S/C39H23I2.2ClH.Zr/c40-28-18-13-25(14-19-28)36(26-15-20-29(41)21-16-26)34-22-17-27-23-35-32-11-4-3-9-30(32)31-10-5-6-12-33(31)39(35)38(27)37(34)24-7-1-2-8-24;;;/h1-7,9-22H,8H2;2*1H;/q;;;+2/p-2. The molecule has 5 heteroatoms. The van der Waals surface area contributed by atoms with Gasteiger partial charge in [0.2, 0.25) is 0 Å². The summed E-state index contributed by atoms with van der Waals surface area (Å²) >= 11 is 6.26. The molecular formula is C39H23Cl2I2Zr. The number of halogens is 4. The van der Waals surface area contributed by atoms with Gasteiger partial charge in [0, 0.05) is 0 Å². The van der Waals surface area contributed by atoms with E-state index in [0.29, 0.717) is 0 Å². The van der Waals surface area contributed by atoms with Crippen molar-refractivity contribution in [3.8, 4) is 11.1 Å². The quantitative estimate of drug-likeness (QED) is 0.189. The van der Waals surface area contributed by atoms with E-state index in [1.807, 2.05) is 0 Å². The number of benzene rings is 6. The first kappa shape index (κ1) is 31.9. The van der Waals surface area contributed by atoms with Crippen molar-refractivity contribution in [1.29, 1.82) is 0 Å². The van der Waals surface area contributed by atoms with Crippen LogP contribution in [0.4, 0.5) is 0 Å². The zero-order valence-corrected chi connectivity index (χ0v) is 31.6. The topological polar surface area (TPSA) is 0 Å². The van der Waals surface area contributed by atoms with Crippen molar-refractivity contribution < 1.29 is 49.5 Å². The summed E-state index contributed by atoms with van der Waals surface area (Å²) in [7, 11) is 0. The molecule has 0 amide bonds. The van der Waals surface area contributed by atoms with E-state index in [0.717, 1.165) is 6.42 Å². The monoisotopic (exact) mass is 905 g/mol. The van der Waals surface area contributed by atoms with Crippen molar-refractivity contribution in [2.45, 2.75) is 6.42 Å². The van der Waals surface area contributed by atoms with Gasteiger partial charge in [0.05, 0.1) is 0 Å². The van der Waals surface area contributed by atoms with Crippen LogP contribution in [0, 0.1) is 7.14 Å². The Labute approximate surface area is 312 Å². The van der Waals surface area contributed by atoms with Crippen LogP contribution < -0.4 is 35.3 Å². The molecule has 0 fully saturated rings. The summed E-state index contributed by atoms with van der Waals surface area (Å²) < 4.78 is 3.95. The molecular weight excluding hydrogens is 884 g/mol. The van der Waals surface area contributed by atoms with Crippen LogP contribution in [0.1, 0.15) is 28.7 Å². The molecule has 0 saturated heterocycles. The van der Waals surface area contributed by atoms with E-state index in [4.69, 9.17) is 0 Å². The third kappa shape index (κ3) is 5.21. The Morgan fingerprint density at radius 3 is 1.59 bits per heavy atom. The molecule has 0 spiro atoms. The number of hydrogen-bond donors (Lipinski definition) is 0. The molecule has 0 N–H and O–H groups in total. The zero-order chi connectivity index (χ0) is 28.4. The van der Waals surface area contributed by atoms with Crippen molar-refractivity contribution in [3.05, 3.63) is 167 Å². The van der Waals surface area contributed by atoms with E-state index < -0.39 is 0 Å². The molecule has 0 bridgehead atoms. The van der Waals surface area contributed by atoms with Crippen LogP contribution in [0.15, 0.2) is 127 Å². The van der Waals surface area contributed by atoms with Gasteiger partial charge < -0.3 is 24.8 Å². The number of allylic oxidation sites excluding steroid dienone is 4. The van der Waals surface area contributed by atoms with E-state index in [-0.39, 0.29) is 24.8 Å². The fraction of sp³-hybridized carbons (Fsp3) is 0.0256. The van der Waals surface area contributed by atoms with Gasteiger partial charge in [0.15, 0.2) is 0 Å². The molecule has 0 heterocycles. The summed E-state index contributed by atoms with van der Waals surface area (Å²) in [5.41, 5.74) is 10.8. The van der Waals surface area contributed by atoms with Crippen LogP contribution >= 0.6 is 45.2 Å². The maximum atomic E-state index is 2.41. The van der Waals surface area contributed by atoms with Crippen LogP contribution in [0.2, 0.25) is 0 Å². The molecule has 0 aliphatic heterocycles. The van der Waals surface area contributed by atoms with Gasteiger partial charge in [0.1, 0.15) is 0 Å². The third-order valence-electron chi connectivity index (χ3n) is 8.54. The normalized spacial score (nSPS) is 12.9. The predicted octanol–water partition coefficient (Wildman–Crippen LogP) is 3.48. The first-order valence-electron chi connectivity index (χ1n) is 14.1. The van der Waals surface area contributed by atoms with Crippen LogP contribution in [0.5, 0.6) is 0 Å². The Balaban J connectivity index is 0.00000171. The van der Waals surface area contributed by atoms with Gasteiger partial charge in [-0.15, -0.1) is 0 Å². The van der Waals surface area contributed by atoms with Gasteiger partial charge in [-0.1, -0.05) is 0 Å². The first-order chi connectivity index (χ1) is 20.6. The summed E-state index contributed by atoms with van der Waals surface area (Å²) in [5.74, 6) is 0. The van der Waals surface area contributed by atoms with Crippen LogP contribution in [-0.2, 0) is 24.7 Å². The van der Waals surface area contributed by atoms with Crippen molar-refractivity contribution in [1.82, 2.24) is 0 Å². The molecule has 0 unspecified atom stereocenters. The summed E-state index contributed by atoms with van der Waals surface area (Å²) in [6.45, 7) is 0. The van der Waals surface area contributed by atoms with E-state index in [1.54, 1.807) is 0 Å². The average Bonchev–Trinajstić information content (AvgIpc) is 3.66. The summed E-state index contributed by atoms with van der Waals surface area (Å²) in [5, 5.41) is 8.07. The van der Waals surface area contributed by atoms with Crippen LogP contribution in [0.25, 0.3) is 47.1 Å². The van der Waals surface area contributed by atoms with Gasteiger partial charge in [-0.25, -0.2) is 0 Å². The van der Waals surface area contributed by atoms with E-state index in [2.05, 4.69) is 173 Å². The SMILES string of the molecule is [Cl-].[Cl-].[Zr+2][C]1=c2ccc(=C(c3ccc(I)cc3)c3ccc(I)cc3)c(C3=CC=CC3)c2-c2c1c1ccccc1c1ccccc21. The van der Waals surface area contributed by atoms with E-state index >= 15 is 0 Å². The fourth-order valence-corrected chi connectivity index (χ4v) is 8.62.